The molecule has 0 atom stereocenters. The van der Waals surface area contributed by atoms with Crippen LogP contribution in [0.4, 0.5) is 5.69 Å². The van der Waals surface area contributed by atoms with Gasteiger partial charge < -0.3 is 10.4 Å². The van der Waals surface area contributed by atoms with E-state index in [1.165, 1.54) is 0 Å². The summed E-state index contributed by atoms with van der Waals surface area (Å²) >= 11 is 9.23. The van der Waals surface area contributed by atoms with Gasteiger partial charge in [-0.05, 0) is 28.1 Å². The van der Waals surface area contributed by atoms with Crippen molar-refractivity contribution in [3.05, 3.63) is 27.7 Å². The van der Waals surface area contributed by atoms with Crippen LogP contribution in [0.15, 0.2) is 22.7 Å². The number of carboxylic acid groups (broad SMARTS) is 1. The lowest BCUT2D eigenvalue weighted by Crippen LogP contribution is -2.07. The van der Waals surface area contributed by atoms with Crippen molar-refractivity contribution in [3.63, 3.8) is 0 Å². The van der Waals surface area contributed by atoms with Crippen LogP contribution in [0.25, 0.3) is 0 Å². The van der Waals surface area contributed by atoms with Crippen LogP contribution in [0.1, 0.15) is 6.42 Å². The smallest absolute Gasteiger partial charge is 0.305 e. The van der Waals surface area contributed by atoms with E-state index in [0.717, 1.165) is 10.2 Å². The fraction of sp³-hybridized carbons (Fsp3) is 0.222. The van der Waals surface area contributed by atoms with Gasteiger partial charge >= 0.3 is 5.97 Å². The Kier molecular flexibility index (Phi) is 4.22. The molecule has 0 unspecified atom stereocenters. The zero-order valence-corrected chi connectivity index (χ0v) is 9.60. The molecule has 76 valence electrons. The summed E-state index contributed by atoms with van der Waals surface area (Å²) in [6.07, 6.45) is 0.0723. The minimum Gasteiger partial charge on any atom is -0.481 e. The van der Waals surface area contributed by atoms with Gasteiger partial charge in [-0.25, -0.2) is 0 Å². The number of benzene rings is 1. The number of halogens is 2. The van der Waals surface area contributed by atoms with Crippen LogP contribution in [0.2, 0.25) is 5.02 Å². The molecule has 2 N–H and O–H groups in total. The van der Waals surface area contributed by atoms with Gasteiger partial charge in [0, 0.05) is 11.0 Å². The van der Waals surface area contributed by atoms with Crippen molar-refractivity contribution in [2.75, 3.05) is 11.9 Å². The first-order valence-corrected chi connectivity index (χ1v) is 5.18. The van der Waals surface area contributed by atoms with Gasteiger partial charge in [0.25, 0.3) is 0 Å². The van der Waals surface area contributed by atoms with Crippen molar-refractivity contribution < 1.29 is 9.90 Å². The second-order valence-electron chi connectivity index (χ2n) is 2.67. The number of nitrogens with one attached hydrogen (secondary N) is 1. The van der Waals surface area contributed by atoms with Crippen molar-refractivity contribution in [3.8, 4) is 0 Å². The van der Waals surface area contributed by atoms with Gasteiger partial charge in [0.1, 0.15) is 0 Å². The van der Waals surface area contributed by atoms with Crippen molar-refractivity contribution in [1.82, 2.24) is 0 Å². The maximum absolute atomic E-state index is 10.3. The Hall–Kier alpha value is -0.740. The molecule has 3 nitrogen and oxygen atoms in total. The summed E-state index contributed by atoms with van der Waals surface area (Å²) in [5, 5.41) is 11.9. The van der Waals surface area contributed by atoms with Crippen LogP contribution in [0, 0.1) is 0 Å². The normalized spacial score (nSPS) is 9.86. The number of aliphatic carboxylic acids is 1. The van der Waals surface area contributed by atoms with E-state index < -0.39 is 5.97 Å². The lowest BCUT2D eigenvalue weighted by molar-refractivity contribution is -0.136. The van der Waals surface area contributed by atoms with Gasteiger partial charge in [-0.3, -0.25) is 4.79 Å². The Bertz CT molecular complexity index is 344. The number of rotatable bonds is 4. The molecular formula is C9H9BrClNO2. The minimum atomic E-state index is -0.830. The molecule has 0 amide bonds. The van der Waals surface area contributed by atoms with Crippen molar-refractivity contribution in [2.24, 2.45) is 0 Å². The predicted molar refractivity (Wildman–Crippen MR) is 59.9 cm³/mol. The molecule has 0 spiro atoms. The van der Waals surface area contributed by atoms with Crippen LogP contribution in [-0.2, 0) is 4.79 Å². The molecule has 0 aliphatic heterocycles. The summed E-state index contributed by atoms with van der Waals surface area (Å²) in [7, 11) is 0. The van der Waals surface area contributed by atoms with Gasteiger partial charge in [0.15, 0.2) is 0 Å². The molecule has 1 rings (SSSR count). The van der Waals surface area contributed by atoms with Crippen LogP contribution >= 0.6 is 27.5 Å². The Morgan fingerprint density at radius 1 is 1.57 bits per heavy atom. The summed E-state index contributed by atoms with van der Waals surface area (Å²) in [4.78, 5) is 10.3. The highest BCUT2D eigenvalue weighted by Gasteiger charge is 2.03. The van der Waals surface area contributed by atoms with E-state index in [2.05, 4.69) is 21.2 Å². The number of carboxylic acids is 1. The van der Waals surface area contributed by atoms with Crippen LogP contribution < -0.4 is 5.32 Å². The average Bonchev–Trinajstić information content (AvgIpc) is 2.12. The zero-order valence-electron chi connectivity index (χ0n) is 7.26. The summed E-state index contributed by atoms with van der Waals surface area (Å²) in [6, 6.07) is 5.46. The molecule has 0 aliphatic rings. The Balaban J connectivity index is 2.59. The van der Waals surface area contributed by atoms with Crippen LogP contribution in [-0.4, -0.2) is 17.6 Å². The Morgan fingerprint density at radius 2 is 2.29 bits per heavy atom. The monoisotopic (exact) mass is 277 g/mol. The fourth-order valence-electron chi connectivity index (χ4n) is 0.944. The fourth-order valence-corrected chi connectivity index (χ4v) is 1.50. The maximum Gasteiger partial charge on any atom is 0.305 e. The topological polar surface area (TPSA) is 49.3 Å². The number of hydrogen-bond acceptors (Lipinski definition) is 2. The van der Waals surface area contributed by atoms with E-state index >= 15 is 0 Å². The van der Waals surface area contributed by atoms with Gasteiger partial charge in [-0.15, -0.1) is 0 Å². The van der Waals surface area contributed by atoms with Crippen molar-refractivity contribution >= 4 is 39.2 Å². The van der Waals surface area contributed by atoms with E-state index in [0.29, 0.717) is 11.6 Å². The molecule has 0 saturated carbocycles. The molecule has 1 aromatic rings. The lowest BCUT2D eigenvalue weighted by atomic mass is 10.3. The van der Waals surface area contributed by atoms with Crippen molar-refractivity contribution in [2.45, 2.75) is 6.42 Å². The second kappa shape index (κ2) is 5.22. The maximum atomic E-state index is 10.3. The minimum absolute atomic E-state index is 0.0723. The first kappa shape index (κ1) is 11.3. The van der Waals surface area contributed by atoms with Crippen molar-refractivity contribution in [1.29, 1.82) is 0 Å². The molecule has 14 heavy (non-hydrogen) atoms. The molecule has 5 heteroatoms. The molecule has 0 bridgehead atoms. The van der Waals surface area contributed by atoms with Gasteiger partial charge in [-0.1, -0.05) is 17.7 Å². The average molecular weight is 279 g/mol. The number of carbonyl (C=O) groups is 1. The highest BCUT2D eigenvalue weighted by atomic mass is 79.9. The third-order valence-corrected chi connectivity index (χ3v) is 2.90. The van der Waals surface area contributed by atoms with Crippen LogP contribution in [0.5, 0.6) is 0 Å². The van der Waals surface area contributed by atoms with Gasteiger partial charge in [0.2, 0.25) is 0 Å². The second-order valence-corrected chi connectivity index (χ2v) is 3.90. The third kappa shape index (κ3) is 3.20. The highest BCUT2D eigenvalue weighted by molar-refractivity contribution is 9.10. The molecule has 0 saturated heterocycles. The summed E-state index contributed by atoms with van der Waals surface area (Å²) < 4.78 is 0.791. The summed E-state index contributed by atoms with van der Waals surface area (Å²) in [6.45, 7) is 0.367. The molecule has 0 aromatic heterocycles. The first-order valence-electron chi connectivity index (χ1n) is 4.01. The molecule has 0 fully saturated rings. The van der Waals surface area contributed by atoms with E-state index in [4.69, 9.17) is 16.7 Å². The van der Waals surface area contributed by atoms with Gasteiger partial charge in [0.05, 0.1) is 17.1 Å². The zero-order chi connectivity index (χ0) is 10.6. The summed E-state index contributed by atoms with van der Waals surface area (Å²) in [5.74, 6) is -0.830. The standard InChI is InChI=1S/C9H9BrClNO2/c10-6-2-1-3-7(9(6)11)12-5-4-8(13)14/h1-3,12H,4-5H2,(H,13,14). The molecule has 0 aliphatic carbocycles. The quantitative estimate of drug-likeness (QED) is 0.890. The third-order valence-electron chi connectivity index (χ3n) is 1.61. The molecule has 0 radical (unpaired) electrons. The highest BCUT2D eigenvalue weighted by Crippen LogP contribution is 2.29. The number of anilines is 1. The summed E-state index contributed by atoms with van der Waals surface area (Å²) in [5.41, 5.74) is 0.738. The predicted octanol–water partition coefficient (Wildman–Crippen LogP) is 2.99. The van der Waals surface area contributed by atoms with Gasteiger partial charge in [-0.2, -0.15) is 0 Å². The largest absolute Gasteiger partial charge is 0.481 e. The first-order chi connectivity index (χ1) is 6.61. The molecule has 0 heterocycles. The van der Waals surface area contributed by atoms with E-state index in [-0.39, 0.29) is 6.42 Å². The van der Waals surface area contributed by atoms with Crippen LogP contribution in [0.3, 0.4) is 0 Å². The molecular weight excluding hydrogens is 269 g/mol. The van der Waals surface area contributed by atoms with E-state index in [1.54, 1.807) is 6.07 Å². The lowest BCUT2D eigenvalue weighted by Gasteiger charge is -2.07. The number of hydrogen-bond donors (Lipinski definition) is 2. The van der Waals surface area contributed by atoms with E-state index in [1.807, 2.05) is 12.1 Å². The molecule has 1 aromatic carbocycles. The van der Waals surface area contributed by atoms with E-state index in [9.17, 15) is 4.79 Å². The Morgan fingerprint density at radius 3 is 2.93 bits per heavy atom. The Labute approximate surface area is 95.2 Å². The SMILES string of the molecule is O=C(O)CCNc1cccc(Br)c1Cl.